The zero-order valence-electron chi connectivity index (χ0n) is 11.7. The van der Waals surface area contributed by atoms with Crippen LogP contribution in [0, 0.1) is 0 Å². The largest absolute Gasteiger partial charge is 0.404 e. The molecule has 0 fully saturated rings. The summed E-state index contributed by atoms with van der Waals surface area (Å²) in [7, 11) is 0. The van der Waals surface area contributed by atoms with E-state index in [1.807, 2.05) is 19.1 Å². The Bertz CT molecular complexity index is 368. The van der Waals surface area contributed by atoms with Gasteiger partial charge in [0, 0.05) is 0 Å². The van der Waals surface area contributed by atoms with Crippen molar-refractivity contribution in [3.63, 3.8) is 0 Å². The predicted molar refractivity (Wildman–Crippen MR) is 72.4 cm³/mol. The van der Waals surface area contributed by atoms with Crippen molar-refractivity contribution in [3.05, 3.63) is 35.4 Å². The zero-order valence-corrected chi connectivity index (χ0v) is 11.7. The van der Waals surface area contributed by atoms with Crippen LogP contribution >= 0.6 is 0 Å². The predicted octanol–water partition coefficient (Wildman–Crippen LogP) is 4.28. The van der Waals surface area contributed by atoms with Crippen LogP contribution in [0.25, 0.3) is 0 Å². The third kappa shape index (κ3) is 5.23. The van der Waals surface area contributed by atoms with Crippen molar-refractivity contribution in [3.8, 4) is 0 Å². The maximum absolute atomic E-state index is 12.9. The summed E-state index contributed by atoms with van der Waals surface area (Å²) in [5.41, 5.74) is 1.86. The highest BCUT2D eigenvalue weighted by atomic mass is 19.4. The highest BCUT2D eigenvalue weighted by molar-refractivity contribution is 5.25. The van der Waals surface area contributed by atoms with Crippen LogP contribution < -0.4 is 5.32 Å². The van der Waals surface area contributed by atoms with Crippen molar-refractivity contribution in [1.29, 1.82) is 0 Å². The fraction of sp³-hybridized carbons (Fsp3) is 0.600. The van der Waals surface area contributed by atoms with Crippen LogP contribution in [-0.2, 0) is 6.42 Å². The Kier molecular flexibility index (Phi) is 5.85. The van der Waals surface area contributed by atoms with Crippen LogP contribution in [-0.4, -0.2) is 18.8 Å². The van der Waals surface area contributed by atoms with E-state index in [1.165, 1.54) is 0 Å². The third-order valence-electron chi connectivity index (χ3n) is 3.12. The van der Waals surface area contributed by atoms with Gasteiger partial charge in [-0.3, -0.25) is 0 Å². The normalized spacial score (nSPS) is 13.8. The second kappa shape index (κ2) is 6.94. The molecule has 19 heavy (non-hydrogen) atoms. The lowest BCUT2D eigenvalue weighted by Gasteiger charge is -2.21. The summed E-state index contributed by atoms with van der Waals surface area (Å²) in [5.74, 6) is 0.394. The molecule has 0 aliphatic heterocycles. The van der Waals surface area contributed by atoms with E-state index in [0.29, 0.717) is 18.9 Å². The maximum atomic E-state index is 12.9. The van der Waals surface area contributed by atoms with E-state index in [2.05, 4.69) is 19.2 Å². The van der Waals surface area contributed by atoms with Gasteiger partial charge in [-0.15, -0.1) is 0 Å². The Morgan fingerprint density at radius 2 is 1.68 bits per heavy atom. The zero-order chi connectivity index (χ0) is 14.5. The maximum Gasteiger partial charge on any atom is 0.404 e. The summed E-state index contributed by atoms with van der Waals surface area (Å²) >= 11 is 0. The minimum atomic E-state index is -4.20. The van der Waals surface area contributed by atoms with E-state index in [4.69, 9.17) is 0 Å². The van der Waals surface area contributed by atoms with Crippen molar-refractivity contribution in [2.75, 3.05) is 6.54 Å². The molecule has 0 aliphatic rings. The quantitative estimate of drug-likeness (QED) is 0.815. The van der Waals surface area contributed by atoms with E-state index >= 15 is 0 Å². The van der Waals surface area contributed by atoms with Gasteiger partial charge < -0.3 is 5.32 Å². The molecule has 0 spiro atoms. The summed E-state index contributed by atoms with van der Waals surface area (Å²) in [6.07, 6.45) is -3.52. The van der Waals surface area contributed by atoms with E-state index in [0.717, 1.165) is 11.1 Å². The van der Waals surface area contributed by atoms with Gasteiger partial charge >= 0.3 is 6.18 Å². The molecule has 1 aromatic carbocycles. The smallest absolute Gasteiger partial charge is 0.306 e. The van der Waals surface area contributed by atoms with Gasteiger partial charge in [-0.25, -0.2) is 0 Å². The molecule has 0 saturated carbocycles. The van der Waals surface area contributed by atoms with Crippen molar-refractivity contribution in [2.45, 2.75) is 51.7 Å². The van der Waals surface area contributed by atoms with Crippen molar-refractivity contribution in [2.24, 2.45) is 0 Å². The second-order valence-corrected chi connectivity index (χ2v) is 5.15. The number of hydrogen-bond donors (Lipinski definition) is 1. The SMILES string of the molecule is CCCNC(Cc1ccc(C(C)C)cc1)C(F)(F)F. The van der Waals surface area contributed by atoms with Crippen LogP contribution in [0.2, 0.25) is 0 Å². The van der Waals surface area contributed by atoms with E-state index in [9.17, 15) is 13.2 Å². The molecule has 0 saturated heterocycles. The number of hydrogen-bond acceptors (Lipinski definition) is 1. The molecule has 0 amide bonds. The Balaban J connectivity index is 2.73. The number of nitrogens with one attached hydrogen (secondary N) is 1. The van der Waals surface area contributed by atoms with Gasteiger partial charge in [0.15, 0.2) is 0 Å². The summed E-state index contributed by atoms with van der Waals surface area (Å²) in [5, 5.41) is 2.57. The van der Waals surface area contributed by atoms with Crippen molar-refractivity contribution < 1.29 is 13.2 Å². The van der Waals surface area contributed by atoms with Crippen molar-refractivity contribution >= 4 is 0 Å². The van der Waals surface area contributed by atoms with E-state index in [-0.39, 0.29) is 6.42 Å². The summed E-state index contributed by atoms with van der Waals surface area (Å²) < 4.78 is 38.6. The number of alkyl halides is 3. The highest BCUT2D eigenvalue weighted by Crippen LogP contribution is 2.24. The summed E-state index contributed by atoms with van der Waals surface area (Å²) in [4.78, 5) is 0. The lowest BCUT2D eigenvalue weighted by Crippen LogP contribution is -2.44. The molecule has 1 N–H and O–H groups in total. The Labute approximate surface area is 113 Å². The van der Waals surface area contributed by atoms with Gasteiger partial charge in [0.05, 0.1) is 0 Å². The first kappa shape index (κ1) is 16.0. The molecule has 1 rings (SSSR count). The van der Waals surface area contributed by atoms with E-state index < -0.39 is 12.2 Å². The molecular weight excluding hydrogens is 251 g/mol. The Morgan fingerprint density at radius 1 is 1.11 bits per heavy atom. The van der Waals surface area contributed by atoms with Crippen LogP contribution in [0.15, 0.2) is 24.3 Å². The first-order valence-electron chi connectivity index (χ1n) is 6.73. The fourth-order valence-corrected chi connectivity index (χ4v) is 1.90. The first-order chi connectivity index (χ1) is 8.84. The fourth-order valence-electron chi connectivity index (χ4n) is 1.90. The Hall–Kier alpha value is -1.03. The van der Waals surface area contributed by atoms with Gasteiger partial charge in [-0.2, -0.15) is 13.2 Å². The minimum Gasteiger partial charge on any atom is -0.306 e. The molecule has 0 heterocycles. The molecule has 0 radical (unpaired) electrons. The lowest BCUT2D eigenvalue weighted by molar-refractivity contribution is -0.155. The van der Waals surface area contributed by atoms with Gasteiger partial charge in [0.2, 0.25) is 0 Å². The molecule has 1 aromatic rings. The molecule has 0 aliphatic carbocycles. The van der Waals surface area contributed by atoms with Crippen molar-refractivity contribution in [1.82, 2.24) is 5.32 Å². The van der Waals surface area contributed by atoms with Crippen LogP contribution in [0.3, 0.4) is 0 Å². The molecule has 1 nitrogen and oxygen atoms in total. The van der Waals surface area contributed by atoms with Crippen LogP contribution in [0.5, 0.6) is 0 Å². The second-order valence-electron chi connectivity index (χ2n) is 5.15. The van der Waals surface area contributed by atoms with Crippen LogP contribution in [0.4, 0.5) is 13.2 Å². The van der Waals surface area contributed by atoms with Gasteiger partial charge in [-0.1, -0.05) is 45.0 Å². The topological polar surface area (TPSA) is 12.0 Å². The molecule has 1 atom stereocenters. The molecule has 0 bridgehead atoms. The molecule has 108 valence electrons. The monoisotopic (exact) mass is 273 g/mol. The third-order valence-corrected chi connectivity index (χ3v) is 3.12. The highest BCUT2D eigenvalue weighted by Gasteiger charge is 2.38. The first-order valence-corrected chi connectivity index (χ1v) is 6.73. The minimum absolute atomic E-state index is 0.0120. The lowest BCUT2D eigenvalue weighted by atomic mass is 9.99. The average Bonchev–Trinajstić information content (AvgIpc) is 2.33. The molecule has 1 unspecified atom stereocenters. The summed E-state index contributed by atoms with van der Waals surface area (Å²) in [6, 6.07) is 5.95. The standard InChI is InChI=1S/C15H22F3N/c1-4-9-19-14(15(16,17)18)10-12-5-7-13(8-6-12)11(2)3/h5-8,11,14,19H,4,9-10H2,1-3H3. The average molecular weight is 273 g/mol. The molecule has 4 heteroatoms. The van der Waals surface area contributed by atoms with Gasteiger partial charge in [-0.05, 0) is 36.4 Å². The van der Waals surface area contributed by atoms with Crippen LogP contribution in [0.1, 0.15) is 44.2 Å². The molecular formula is C15H22F3N. The summed E-state index contributed by atoms with van der Waals surface area (Å²) in [6.45, 7) is 6.37. The van der Waals surface area contributed by atoms with E-state index in [1.54, 1.807) is 12.1 Å². The Morgan fingerprint density at radius 3 is 2.11 bits per heavy atom. The van der Waals surface area contributed by atoms with Gasteiger partial charge in [0.25, 0.3) is 0 Å². The molecule has 0 aromatic heterocycles. The number of halogens is 3. The number of benzene rings is 1. The number of rotatable bonds is 6. The van der Waals surface area contributed by atoms with Gasteiger partial charge in [0.1, 0.15) is 6.04 Å².